The molecule has 0 atom stereocenters. The van der Waals surface area contributed by atoms with Crippen LogP contribution in [0.4, 0.5) is 0 Å². The number of rotatable bonds is 2. The molecule has 0 saturated heterocycles. The van der Waals surface area contributed by atoms with Gasteiger partial charge in [0.1, 0.15) is 10.7 Å². The molecule has 3 N–H and O–H groups in total. The molecule has 118 valence electrons. The van der Waals surface area contributed by atoms with Gasteiger partial charge < -0.3 is 4.98 Å². The van der Waals surface area contributed by atoms with Crippen molar-refractivity contribution in [2.45, 2.75) is 24.2 Å². The third kappa shape index (κ3) is 2.39. The Hall–Kier alpha value is -2.03. The van der Waals surface area contributed by atoms with Gasteiger partial charge in [0.15, 0.2) is 0 Å². The van der Waals surface area contributed by atoms with Crippen LogP contribution in [0.2, 0.25) is 0 Å². The van der Waals surface area contributed by atoms with Gasteiger partial charge in [0, 0.05) is 10.4 Å². The van der Waals surface area contributed by atoms with Crippen molar-refractivity contribution < 1.29 is 8.42 Å². The molecule has 1 aliphatic carbocycles. The second kappa shape index (κ2) is 4.98. The molecular weight excluding hydrogens is 334 g/mol. The molecule has 2 heterocycles. The zero-order valence-corrected chi connectivity index (χ0v) is 13.6. The van der Waals surface area contributed by atoms with E-state index in [0.29, 0.717) is 16.8 Å². The average molecular weight is 347 g/mol. The van der Waals surface area contributed by atoms with Gasteiger partial charge in [-0.15, -0.1) is 11.3 Å². The Balaban J connectivity index is 1.85. The summed E-state index contributed by atoms with van der Waals surface area (Å²) in [6, 6.07) is 5.99. The van der Waals surface area contributed by atoms with E-state index >= 15 is 0 Å². The molecule has 0 unspecified atom stereocenters. The monoisotopic (exact) mass is 347 g/mol. The number of benzene rings is 1. The van der Waals surface area contributed by atoms with E-state index in [9.17, 15) is 13.2 Å². The van der Waals surface area contributed by atoms with Crippen LogP contribution >= 0.6 is 11.3 Å². The van der Waals surface area contributed by atoms with Crippen LogP contribution in [0.5, 0.6) is 0 Å². The summed E-state index contributed by atoms with van der Waals surface area (Å²) in [5.74, 6) is 0.434. The second-order valence-corrected chi connectivity index (χ2v) is 8.17. The Kier molecular flexibility index (Phi) is 3.15. The number of aromatic amines is 1. The van der Waals surface area contributed by atoms with E-state index in [0.717, 1.165) is 29.7 Å². The highest BCUT2D eigenvalue weighted by atomic mass is 32.2. The van der Waals surface area contributed by atoms with Crippen molar-refractivity contribution in [3.05, 3.63) is 45.1 Å². The number of hydrogen-bond acceptors (Lipinski definition) is 5. The highest BCUT2D eigenvalue weighted by Gasteiger charge is 2.21. The number of nitrogens with one attached hydrogen (secondary N) is 1. The molecule has 0 aliphatic heterocycles. The van der Waals surface area contributed by atoms with Crippen LogP contribution in [0.15, 0.2) is 34.0 Å². The summed E-state index contributed by atoms with van der Waals surface area (Å²) in [5.41, 5.74) is 1.64. The smallest absolute Gasteiger partial charge is 0.260 e. The lowest BCUT2D eigenvalue weighted by Gasteiger charge is -2.03. The summed E-state index contributed by atoms with van der Waals surface area (Å²) < 4.78 is 22.6. The van der Waals surface area contributed by atoms with Gasteiger partial charge in [0.25, 0.3) is 5.56 Å². The first-order chi connectivity index (χ1) is 10.9. The van der Waals surface area contributed by atoms with Gasteiger partial charge in [0.2, 0.25) is 10.0 Å². The summed E-state index contributed by atoms with van der Waals surface area (Å²) in [5, 5.41) is 5.79. The first-order valence-electron chi connectivity index (χ1n) is 7.11. The number of hydrogen-bond donors (Lipinski definition) is 2. The number of H-pyrrole nitrogens is 1. The zero-order valence-electron chi connectivity index (χ0n) is 12.0. The lowest BCUT2D eigenvalue weighted by molar-refractivity contribution is 0.598. The summed E-state index contributed by atoms with van der Waals surface area (Å²) in [4.78, 5) is 21.8. The Morgan fingerprint density at radius 3 is 2.61 bits per heavy atom. The molecule has 1 aliphatic rings. The lowest BCUT2D eigenvalue weighted by atomic mass is 10.2. The minimum absolute atomic E-state index is 0.0276. The van der Waals surface area contributed by atoms with E-state index in [1.165, 1.54) is 17.0 Å². The maximum absolute atomic E-state index is 12.4. The molecule has 0 bridgehead atoms. The predicted molar refractivity (Wildman–Crippen MR) is 89.1 cm³/mol. The number of fused-ring (bicyclic) bond motifs is 3. The summed E-state index contributed by atoms with van der Waals surface area (Å²) in [7, 11) is -3.73. The number of nitrogens with two attached hydrogens (primary N) is 1. The maximum Gasteiger partial charge on any atom is 0.260 e. The van der Waals surface area contributed by atoms with E-state index in [-0.39, 0.29) is 10.5 Å². The summed E-state index contributed by atoms with van der Waals surface area (Å²) in [6.07, 6.45) is 3.03. The normalized spacial score (nSPS) is 14.3. The van der Waals surface area contributed by atoms with Crippen molar-refractivity contribution in [2.75, 3.05) is 0 Å². The van der Waals surface area contributed by atoms with E-state index in [2.05, 4.69) is 9.97 Å². The van der Waals surface area contributed by atoms with Gasteiger partial charge in [-0.3, -0.25) is 4.79 Å². The molecule has 6 nitrogen and oxygen atoms in total. The number of primary sulfonamides is 1. The number of sulfonamides is 1. The topological polar surface area (TPSA) is 106 Å². The molecule has 0 spiro atoms. The second-order valence-electron chi connectivity index (χ2n) is 5.52. The Labute approximate surface area is 136 Å². The molecule has 8 heteroatoms. The quantitative estimate of drug-likeness (QED) is 0.737. The fraction of sp³-hybridized carbons (Fsp3) is 0.200. The van der Waals surface area contributed by atoms with Crippen LogP contribution in [0, 0.1) is 0 Å². The van der Waals surface area contributed by atoms with Crippen molar-refractivity contribution in [3.8, 4) is 11.4 Å². The zero-order chi connectivity index (χ0) is 16.2. The standard InChI is InChI=1S/C15H13N3O3S2/c16-23(20,21)9-6-4-8(5-7-9)13-17-14(19)12-10-2-1-3-11(10)22-15(12)18-13/h4-7H,1-3H2,(H2,16,20,21)(H,17,18,19). The van der Waals surface area contributed by atoms with Crippen LogP contribution < -0.4 is 10.7 Å². The highest BCUT2D eigenvalue weighted by molar-refractivity contribution is 7.89. The number of aromatic nitrogens is 2. The van der Waals surface area contributed by atoms with Gasteiger partial charge >= 0.3 is 0 Å². The summed E-state index contributed by atoms with van der Waals surface area (Å²) >= 11 is 1.57. The van der Waals surface area contributed by atoms with Gasteiger partial charge in [-0.25, -0.2) is 18.5 Å². The first-order valence-corrected chi connectivity index (χ1v) is 9.47. The SMILES string of the molecule is NS(=O)(=O)c1ccc(-c2nc3sc4c(c3c(=O)[nH]2)CCC4)cc1. The van der Waals surface area contributed by atoms with Crippen molar-refractivity contribution >= 4 is 31.6 Å². The van der Waals surface area contributed by atoms with E-state index in [1.54, 1.807) is 23.5 Å². The molecule has 0 saturated carbocycles. The third-order valence-electron chi connectivity index (χ3n) is 4.03. The molecule has 23 heavy (non-hydrogen) atoms. The van der Waals surface area contributed by atoms with Crippen LogP contribution in [-0.4, -0.2) is 18.4 Å². The predicted octanol–water partition coefficient (Wildman–Crippen LogP) is 1.79. The Morgan fingerprint density at radius 1 is 1.17 bits per heavy atom. The van der Waals surface area contributed by atoms with Gasteiger partial charge in [-0.05, 0) is 49.1 Å². The highest BCUT2D eigenvalue weighted by Crippen LogP contribution is 2.35. The Morgan fingerprint density at radius 2 is 1.91 bits per heavy atom. The largest absolute Gasteiger partial charge is 0.306 e. The average Bonchev–Trinajstić information content (AvgIpc) is 3.06. The first kappa shape index (κ1) is 14.6. The molecule has 0 fully saturated rings. The van der Waals surface area contributed by atoms with E-state index in [1.807, 2.05) is 0 Å². The van der Waals surface area contributed by atoms with Crippen molar-refractivity contribution in [1.29, 1.82) is 0 Å². The molecule has 1 aromatic carbocycles. The molecule has 3 aromatic rings. The minimum atomic E-state index is -3.73. The van der Waals surface area contributed by atoms with Crippen LogP contribution in [0.1, 0.15) is 16.9 Å². The van der Waals surface area contributed by atoms with Crippen molar-refractivity contribution in [2.24, 2.45) is 5.14 Å². The lowest BCUT2D eigenvalue weighted by Crippen LogP contribution is -2.12. The molecular formula is C15H13N3O3S2. The van der Waals surface area contributed by atoms with Crippen molar-refractivity contribution in [3.63, 3.8) is 0 Å². The van der Waals surface area contributed by atoms with Gasteiger partial charge in [-0.2, -0.15) is 0 Å². The molecule has 2 aromatic heterocycles. The van der Waals surface area contributed by atoms with Crippen LogP contribution in [-0.2, 0) is 22.9 Å². The maximum atomic E-state index is 12.4. The minimum Gasteiger partial charge on any atom is -0.306 e. The fourth-order valence-corrected chi connectivity index (χ4v) is 4.72. The van der Waals surface area contributed by atoms with E-state index < -0.39 is 10.0 Å². The van der Waals surface area contributed by atoms with Crippen LogP contribution in [0.3, 0.4) is 0 Å². The summed E-state index contributed by atoms with van der Waals surface area (Å²) in [6.45, 7) is 0. The molecule has 4 rings (SSSR count). The molecule has 0 amide bonds. The van der Waals surface area contributed by atoms with Crippen LogP contribution in [0.25, 0.3) is 21.6 Å². The van der Waals surface area contributed by atoms with Gasteiger partial charge in [-0.1, -0.05) is 0 Å². The Bertz CT molecular complexity index is 1080. The number of nitrogens with zero attached hydrogens (tertiary/aromatic N) is 1. The van der Waals surface area contributed by atoms with Gasteiger partial charge in [0.05, 0.1) is 10.3 Å². The number of thiophene rings is 1. The number of aryl methyl sites for hydroxylation is 2. The third-order valence-corrected chi connectivity index (χ3v) is 6.15. The van der Waals surface area contributed by atoms with E-state index in [4.69, 9.17) is 5.14 Å². The van der Waals surface area contributed by atoms with Crippen molar-refractivity contribution in [1.82, 2.24) is 9.97 Å². The fourth-order valence-electron chi connectivity index (χ4n) is 2.94. The molecule has 0 radical (unpaired) electrons.